The number of aldehydes is 1. The van der Waals surface area contributed by atoms with Crippen LogP contribution in [0, 0.1) is 22.0 Å². The van der Waals surface area contributed by atoms with Crippen LogP contribution in [-0.2, 0) is 25.2 Å². The molecule has 4 aliphatic rings. The Morgan fingerprint density at radius 2 is 1.39 bits per heavy atom. The lowest BCUT2D eigenvalue weighted by Crippen LogP contribution is -2.61. The summed E-state index contributed by atoms with van der Waals surface area (Å²) in [5.41, 5.74) is 0.995. The molecule has 33 heavy (non-hydrogen) atoms. The molecular weight excluding hydrogens is 420 g/mol. The van der Waals surface area contributed by atoms with Gasteiger partial charge in [0.2, 0.25) is 11.8 Å². The number of nitro groups is 1. The summed E-state index contributed by atoms with van der Waals surface area (Å²) in [6.45, 7) is 1.96. The van der Waals surface area contributed by atoms with Gasteiger partial charge in [-0.05, 0) is 28.3 Å². The smallest absolute Gasteiger partial charge is 0.271 e. The molecule has 2 amide bonds. The number of non-ortho nitro benzene ring substituents is 1. The van der Waals surface area contributed by atoms with Crippen molar-refractivity contribution in [1.29, 1.82) is 0 Å². The molecule has 3 aliphatic carbocycles. The van der Waals surface area contributed by atoms with E-state index in [1.807, 2.05) is 55.5 Å². The van der Waals surface area contributed by atoms with Gasteiger partial charge in [0.1, 0.15) is 6.29 Å². The van der Waals surface area contributed by atoms with Crippen molar-refractivity contribution in [2.45, 2.75) is 17.8 Å². The Kier molecular flexibility index (Phi) is 3.69. The Hall–Kier alpha value is -4.13. The molecule has 1 fully saturated rings. The third kappa shape index (κ3) is 2.07. The molecule has 1 heterocycles. The molecule has 7 nitrogen and oxygen atoms in total. The Bertz CT molecular complexity index is 1360. The fraction of sp³-hybridized carbons (Fsp3) is 0.192. The number of anilines is 1. The highest BCUT2D eigenvalue weighted by Gasteiger charge is 2.72. The van der Waals surface area contributed by atoms with Crippen LogP contribution in [0.1, 0.15) is 29.2 Å². The minimum Gasteiger partial charge on any atom is -0.302 e. The van der Waals surface area contributed by atoms with Crippen LogP contribution in [0.5, 0.6) is 0 Å². The standard InChI is InChI=1S/C26H18N2O5/c1-25-17-9-2-4-11-19(17)26(14-29,20-12-5-3-10-18(20)25)22-21(25)23(30)27(24(22)31)15-7-6-8-16(13-15)28(32)33/h2-14,21-22H,1H3/t21-,22-,25?,26?/m0/s1. The molecule has 0 radical (unpaired) electrons. The minimum absolute atomic E-state index is 0.144. The molecule has 162 valence electrons. The van der Waals surface area contributed by atoms with Crippen LogP contribution in [0.25, 0.3) is 0 Å². The van der Waals surface area contributed by atoms with E-state index < -0.39 is 39.4 Å². The fourth-order valence-electron chi connectivity index (χ4n) is 6.46. The van der Waals surface area contributed by atoms with Crippen molar-refractivity contribution < 1.29 is 19.3 Å². The second kappa shape index (κ2) is 6.22. The molecule has 3 aromatic rings. The van der Waals surface area contributed by atoms with Gasteiger partial charge in [-0.25, -0.2) is 4.90 Å². The zero-order chi connectivity index (χ0) is 23.1. The second-order valence-corrected chi connectivity index (χ2v) is 9.02. The lowest BCUT2D eigenvalue weighted by atomic mass is 9.42. The number of hydrogen-bond acceptors (Lipinski definition) is 5. The first-order valence-corrected chi connectivity index (χ1v) is 10.7. The molecule has 1 saturated heterocycles. The third-order valence-corrected chi connectivity index (χ3v) is 7.77. The average molecular weight is 438 g/mol. The van der Waals surface area contributed by atoms with Gasteiger partial charge >= 0.3 is 0 Å². The number of rotatable bonds is 3. The summed E-state index contributed by atoms with van der Waals surface area (Å²) in [5, 5.41) is 11.3. The highest BCUT2D eigenvalue weighted by Crippen LogP contribution is 2.66. The molecule has 0 spiro atoms. The highest BCUT2D eigenvalue weighted by molar-refractivity contribution is 6.25. The SMILES string of the molecule is CC12c3ccccc3C(C=O)(c3ccccc31)[C@@H]1C(=O)N(c3cccc([N+](=O)[O-])c3)C(=O)[C@H]12. The molecule has 2 bridgehead atoms. The lowest BCUT2D eigenvalue weighted by Gasteiger charge is -2.56. The van der Waals surface area contributed by atoms with Gasteiger partial charge in [0.05, 0.1) is 27.9 Å². The molecule has 0 unspecified atom stereocenters. The van der Waals surface area contributed by atoms with Crippen molar-refractivity contribution >= 4 is 29.5 Å². The van der Waals surface area contributed by atoms with Gasteiger partial charge in [-0.1, -0.05) is 61.5 Å². The van der Waals surface area contributed by atoms with E-state index in [4.69, 9.17) is 0 Å². The van der Waals surface area contributed by atoms with E-state index in [0.29, 0.717) is 0 Å². The third-order valence-electron chi connectivity index (χ3n) is 7.77. The lowest BCUT2D eigenvalue weighted by molar-refractivity contribution is -0.384. The van der Waals surface area contributed by atoms with Crippen LogP contribution in [-0.4, -0.2) is 23.0 Å². The van der Waals surface area contributed by atoms with Crippen LogP contribution in [0.2, 0.25) is 0 Å². The molecule has 0 aromatic heterocycles. The topological polar surface area (TPSA) is 97.6 Å². The molecule has 0 saturated carbocycles. The van der Waals surface area contributed by atoms with E-state index >= 15 is 0 Å². The molecule has 7 rings (SSSR count). The zero-order valence-corrected chi connectivity index (χ0v) is 17.6. The van der Waals surface area contributed by atoms with Crippen molar-refractivity contribution in [3.8, 4) is 0 Å². The first-order chi connectivity index (χ1) is 15.9. The summed E-state index contributed by atoms with van der Waals surface area (Å²) in [7, 11) is 0. The summed E-state index contributed by atoms with van der Waals surface area (Å²) >= 11 is 0. The van der Waals surface area contributed by atoms with Crippen molar-refractivity contribution in [1.82, 2.24) is 0 Å². The molecule has 0 N–H and O–H groups in total. The van der Waals surface area contributed by atoms with Crippen LogP contribution >= 0.6 is 0 Å². The van der Waals surface area contributed by atoms with Gasteiger partial charge in [0.15, 0.2) is 0 Å². The molecule has 3 aromatic carbocycles. The largest absolute Gasteiger partial charge is 0.302 e. The van der Waals surface area contributed by atoms with E-state index in [-0.39, 0.29) is 11.4 Å². The monoisotopic (exact) mass is 438 g/mol. The van der Waals surface area contributed by atoms with Crippen molar-refractivity contribution in [3.05, 3.63) is 105 Å². The van der Waals surface area contributed by atoms with E-state index in [9.17, 15) is 24.5 Å². The van der Waals surface area contributed by atoms with Gasteiger partial charge in [-0.3, -0.25) is 19.7 Å². The number of nitro benzene ring substituents is 1. The van der Waals surface area contributed by atoms with Gasteiger partial charge in [-0.2, -0.15) is 0 Å². The summed E-state index contributed by atoms with van der Waals surface area (Å²) in [6.07, 6.45) is 0.809. The Balaban J connectivity index is 1.66. The zero-order valence-electron chi connectivity index (χ0n) is 17.6. The van der Waals surface area contributed by atoms with E-state index in [0.717, 1.165) is 33.4 Å². The summed E-state index contributed by atoms with van der Waals surface area (Å²) < 4.78 is 0. The maximum absolute atomic E-state index is 13.9. The predicted octanol–water partition coefficient (Wildman–Crippen LogP) is 3.52. The van der Waals surface area contributed by atoms with Crippen LogP contribution < -0.4 is 4.90 Å². The molecule has 1 aliphatic heterocycles. The van der Waals surface area contributed by atoms with Crippen molar-refractivity contribution in [3.63, 3.8) is 0 Å². The average Bonchev–Trinajstić information content (AvgIpc) is 3.11. The maximum atomic E-state index is 13.9. The maximum Gasteiger partial charge on any atom is 0.271 e. The van der Waals surface area contributed by atoms with E-state index in [1.54, 1.807) is 0 Å². The summed E-state index contributed by atoms with van der Waals surface area (Å²) in [4.78, 5) is 52.6. The van der Waals surface area contributed by atoms with E-state index in [1.165, 1.54) is 24.3 Å². The van der Waals surface area contributed by atoms with Crippen LogP contribution in [0.3, 0.4) is 0 Å². The minimum atomic E-state index is -1.31. The first kappa shape index (κ1) is 19.5. The van der Waals surface area contributed by atoms with Gasteiger partial charge in [0, 0.05) is 17.5 Å². The van der Waals surface area contributed by atoms with Gasteiger partial charge in [-0.15, -0.1) is 0 Å². The van der Waals surface area contributed by atoms with E-state index in [2.05, 4.69) is 0 Å². The number of carbonyl (C=O) groups is 3. The quantitative estimate of drug-likeness (QED) is 0.270. The molecule has 7 heteroatoms. The second-order valence-electron chi connectivity index (χ2n) is 9.02. The Labute approximate surface area is 188 Å². The Morgan fingerprint density at radius 1 is 0.848 bits per heavy atom. The van der Waals surface area contributed by atoms with Gasteiger partial charge in [0.25, 0.3) is 5.69 Å². The molecular formula is C26H18N2O5. The number of benzene rings is 3. The van der Waals surface area contributed by atoms with Gasteiger partial charge < -0.3 is 4.79 Å². The van der Waals surface area contributed by atoms with Crippen LogP contribution in [0.4, 0.5) is 11.4 Å². The molecule has 2 atom stereocenters. The fourth-order valence-corrected chi connectivity index (χ4v) is 6.46. The number of hydrogen-bond donors (Lipinski definition) is 0. The predicted molar refractivity (Wildman–Crippen MR) is 119 cm³/mol. The Morgan fingerprint density at radius 3 is 1.94 bits per heavy atom. The number of imide groups is 1. The summed E-state index contributed by atoms with van der Waals surface area (Å²) in [6, 6.07) is 20.5. The van der Waals surface area contributed by atoms with Crippen LogP contribution in [0.15, 0.2) is 72.8 Å². The first-order valence-electron chi connectivity index (χ1n) is 10.7. The number of nitrogens with zero attached hydrogens (tertiary/aromatic N) is 2. The number of amides is 2. The van der Waals surface area contributed by atoms with Crippen molar-refractivity contribution in [2.24, 2.45) is 11.8 Å². The summed E-state index contributed by atoms with van der Waals surface area (Å²) in [5.74, 6) is -2.69. The van der Waals surface area contributed by atoms with Crippen molar-refractivity contribution in [2.75, 3.05) is 4.90 Å². The normalized spacial score (nSPS) is 28.8. The highest BCUT2D eigenvalue weighted by atomic mass is 16.6. The number of carbonyl (C=O) groups excluding carboxylic acids is 3.